The zero-order chi connectivity index (χ0) is 14.5. The zero-order valence-corrected chi connectivity index (χ0v) is 12.8. The maximum absolute atomic E-state index is 11.8. The maximum atomic E-state index is 11.8. The van der Waals surface area contributed by atoms with Crippen LogP contribution in [-0.2, 0) is 4.74 Å². The lowest BCUT2D eigenvalue weighted by atomic mass is 10.1. The van der Waals surface area contributed by atoms with Gasteiger partial charge in [0.2, 0.25) is 0 Å². The molecule has 0 saturated carbocycles. The lowest BCUT2D eigenvalue weighted by Crippen LogP contribution is -2.48. The molecule has 0 fully saturated rings. The van der Waals surface area contributed by atoms with Gasteiger partial charge in [0, 0.05) is 0 Å². The molecule has 0 saturated heterocycles. The van der Waals surface area contributed by atoms with Crippen molar-refractivity contribution >= 4 is 11.7 Å². The second-order valence-electron chi connectivity index (χ2n) is 5.09. The summed E-state index contributed by atoms with van der Waals surface area (Å²) in [6.45, 7) is 13.5. The van der Waals surface area contributed by atoms with Crippen LogP contribution < -0.4 is 4.48 Å². The lowest BCUT2D eigenvalue weighted by molar-refractivity contribution is 0.0378. The van der Waals surface area contributed by atoms with E-state index in [0.29, 0.717) is 5.56 Å². The molecule has 0 amide bonds. The van der Waals surface area contributed by atoms with E-state index in [4.69, 9.17) is 4.74 Å². The van der Waals surface area contributed by atoms with Crippen molar-refractivity contribution in [3.05, 3.63) is 29.8 Å². The summed E-state index contributed by atoms with van der Waals surface area (Å²) in [5.74, 6) is -0.246. The van der Waals surface area contributed by atoms with Gasteiger partial charge in [0.1, 0.15) is 5.69 Å². The highest BCUT2D eigenvalue weighted by molar-refractivity contribution is 5.89. The van der Waals surface area contributed by atoms with Crippen molar-refractivity contribution in [2.24, 2.45) is 0 Å². The number of rotatable bonds is 6. The highest BCUT2D eigenvalue weighted by atomic mass is 16.5. The van der Waals surface area contributed by atoms with E-state index in [2.05, 4.69) is 20.8 Å². The van der Waals surface area contributed by atoms with E-state index in [1.807, 2.05) is 38.1 Å². The maximum Gasteiger partial charge on any atom is 0.338 e. The van der Waals surface area contributed by atoms with Gasteiger partial charge in [0.25, 0.3) is 0 Å². The van der Waals surface area contributed by atoms with Crippen molar-refractivity contribution in [1.29, 1.82) is 0 Å². The van der Waals surface area contributed by atoms with Gasteiger partial charge in [0.05, 0.1) is 31.3 Å². The highest BCUT2D eigenvalue weighted by Crippen LogP contribution is 2.23. The van der Waals surface area contributed by atoms with Crippen LogP contribution in [0.4, 0.5) is 5.69 Å². The van der Waals surface area contributed by atoms with E-state index in [9.17, 15) is 4.79 Å². The Balaban J connectivity index is 2.95. The standard InChI is InChI=1S/C16H26NO2/c1-6-17(7-2,8-3)15-11-9-14(10-12-15)16(18)19-13(4)5/h9-13H,6-8H2,1-5H3/q+1. The number of quaternary nitrogens is 1. The molecule has 3 heteroatoms. The smallest absolute Gasteiger partial charge is 0.338 e. The number of carbonyl (C=O) groups excluding carboxylic acids is 1. The predicted molar refractivity (Wildman–Crippen MR) is 80.4 cm³/mol. The van der Waals surface area contributed by atoms with Crippen molar-refractivity contribution in [2.75, 3.05) is 19.6 Å². The van der Waals surface area contributed by atoms with Crippen molar-refractivity contribution in [2.45, 2.75) is 40.7 Å². The molecular weight excluding hydrogens is 238 g/mol. The minimum Gasteiger partial charge on any atom is -0.459 e. The fraction of sp³-hybridized carbons (Fsp3) is 0.562. The first-order valence-corrected chi connectivity index (χ1v) is 7.16. The van der Waals surface area contributed by atoms with E-state index < -0.39 is 0 Å². The summed E-state index contributed by atoms with van der Waals surface area (Å²) >= 11 is 0. The first-order valence-electron chi connectivity index (χ1n) is 7.16. The largest absolute Gasteiger partial charge is 0.459 e. The molecule has 0 N–H and O–H groups in total. The average molecular weight is 264 g/mol. The Bertz CT molecular complexity index is 397. The van der Waals surface area contributed by atoms with Crippen LogP contribution >= 0.6 is 0 Å². The minimum absolute atomic E-state index is 0.0797. The summed E-state index contributed by atoms with van der Waals surface area (Å²) in [5.41, 5.74) is 1.88. The molecule has 3 nitrogen and oxygen atoms in total. The van der Waals surface area contributed by atoms with E-state index in [-0.39, 0.29) is 12.1 Å². The van der Waals surface area contributed by atoms with Gasteiger partial charge in [-0.1, -0.05) is 0 Å². The van der Waals surface area contributed by atoms with Crippen LogP contribution in [0.25, 0.3) is 0 Å². The van der Waals surface area contributed by atoms with Gasteiger partial charge in [0.15, 0.2) is 0 Å². The van der Waals surface area contributed by atoms with Gasteiger partial charge >= 0.3 is 5.97 Å². The highest BCUT2D eigenvalue weighted by Gasteiger charge is 2.24. The van der Waals surface area contributed by atoms with E-state index in [1.54, 1.807) is 0 Å². The first-order chi connectivity index (χ1) is 8.99. The van der Waals surface area contributed by atoms with Crippen molar-refractivity contribution < 1.29 is 9.53 Å². The van der Waals surface area contributed by atoms with Crippen molar-refractivity contribution in [1.82, 2.24) is 4.48 Å². The molecular formula is C16H26NO2+. The van der Waals surface area contributed by atoms with Crippen LogP contribution in [0.1, 0.15) is 45.0 Å². The number of benzene rings is 1. The molecule has 0 radical (unpaired) electrons. The van der Waals surface area contributed by atoms with E-state index >= 15 is 0 Å². The zero-order valence-electron chi connectivity index (χ0n) is 12.8. The molecule has 19 heavy (non-hydrogen) atoms. The Hall–Kier alpha value is -1.35. The van der Waals surface area contributed by atoms with Crippen molar-refractivity contribution in [3.8, 4) is 0 Å². The molecule has 0 atom stereocenters. The topological polar surface area (TPSA) is 26.3 Å². The second-order valence-corrected chi connectivity index (χ2v) is 5.09. The van der Waals surface area contributed by atoms with Gasteiger partial charge in [-0.15, -0.1) is 0 Å². The third-order valence-corrected chi connectivity index (χ3v) is 3.81. The van der Waals surface area contributed by atoms with Crippen LogP contribution in [0.15, 0.2) is 24.3 Å². The molecule has 0 spiro atoms. The van der Waals surface area contributed by atoms with Gasteiger partial charge in [-0.05, 0) is 58.9 Å². The minimum atomic E-state index is -0.246. The molecule has 0 aromatic heterocycles. The van der Waals surface area contributed by atoms with Gasteiger partial charge in [-0.2, -0.15) is 0 Å². The Kier molecular flexibility index (Phi) is 5.55. The number of hydrogen-bond donors (Lipinski definition) is 0. The number of hydrogen-bond acceptors (Lipinski definition) is 2. The summed E-state index contributed by atoms with van der Waals surface area (Å²) < 4.78 is 6.14. The summed E-state index contributed by atoms with van der Waals surface area (Å²) in [5, 5.41) is 0. The quantitative estimate of drug-likeness (QED) is 0.579. The van der Waals surface area contributed by atoms with Crippen LogP contribution in [0, 0.1) is 0 Å². The third kappa shape index (κ3) is 3.57. The number of ether oxygens (including phenoxy) is 1. The van der Waals surface area contributed by atoms with Gasteiger partial charge < -0.3 is 4.74 Å². The van der Waals surface area contributed by atoms with E-state index in [0.717, 1.165) is 24.1 Å². The Morgan fingerprint density at radius 2 is 1.53 bits per heavy atom. The monoisotopic (exact) mass is 264 g/mol. The van der Waals surface area contributed by atoms with E-state index in [1.165, 1.54) is 5.69 Å². The van der Waals surface area contributed by atoms with Gasteiger partial charge in [-0.3, -0.25) is 4.48 Å². The number of nitrogens with zero attached hydrogens (tertiary/aromatic N) is 1. The molecule has 0 bridgehead atoms. The fourth-order valence-corrected chi connectivity index (χ4v) is 2.41. The van der Waals surface area contributed by atoms with Crippen LogP contribution in [0.2, 0.25) is 0 Å². The molecule has 0 aliphatic carbocycles. The number of esters is 1. The van der Waals surface area contributed by atoms with Gasteiger partial charge in [-0.25, -0.2) is 4.79 Å². The average Bonchev–Trinajstić information content (AvgIpc) is 2.41. The molecule has 106 valence electrons. The van der Waals surface area contributed by atoms with Crippen LogP contribution in [0.3, 0.4) is 0 Å². The van der Waals surface area contributed by atoms with Crippen molar-refractivity contribution in [3.63, 3.8) is 0 Å². The summed E-state index contributed by atoms with van der Waals surface area (Å²) in [4.78, 5) is 11.8. The third-order valence-electron chi connectivity index (χ3n) is 3.81. The Morgan fingerprint density at radius 3 is 1.89 bits per heavy atom. The predicted octanol–water partition coefficient (Wildman–Crippen LogP) is 3.62. The molecule has 1 rings (SSSR count). The normalized spacial score (nSPS) is 11.7. The van der Waals surface area contributed by atoms with Crippen LogP contribution in [0.5, 0.6) is 0 Å². The SMILES string of the molecule is CC[N+](CC)(CC)c1ccc(C(=O)OC(C)C)cc1. The summed E-state index contributed by atoms with van der Waals surface area (Å²) in [6, 6.07) is 7.84. The molecule has 0 unspecified atom stereocenters. The lowest BCUT2D eigenvalue weighted by Gasteiger charge is -2.35. The molecule has 0 heterocycles. The van der Waals surface area contributed by atoms with Crippen LogP contribution in [-0.4, -0.2) is 31.7 Å². The molecule has 1 aromatic carbocycles. The fourth-order valence-electron chi connectivity index (χ4n) is 2.41. The molecule has 0 aliphatic heterocycles. The Labute approximate surface area is 116 Å². The molecule has 0 aliphatic rings. The molecule has 1 aromatic rings. The summed E-state index contributed by atoms with van der Waals surface area (Å²) in [7, 11) is 0. The first kappa shape index (κ1) is 15.7. The summed E-state index contributed by atoms with van der Waals surface area (Å²) in [6.07, 6.45) is -0.0797. The number of carbonyl (C=O) groups is 1. The second kappa shape index (κ2) is 6.71. The Morgan fingerprint density at radius 1 is 1.05 bits per heavy atom.